The number of halogens is 3. The molecule has 0 bridgehead atoms. The summed E-state index contributed by atoms with van der Waals surface area (Å²) in [6.07, 6.45) is 0.519. The molecule has 2 nitrogen and oxygen atoms in total. The maximum atomic E-state index is 13.4. The van der Waals surface area contributed by atoms with Gasteiger partial charge in [0.25, 0.3) is 0 Å². The first-order chi connectivity index (χ1) is 7.91. The highest BCUT2D eigenvalue weighted by Gasteiger charge is 2.20. The molecular weight excluding hydrogens is 260 g/mol. The van der Waals surface area contributed by atoms with Crippen LogP contribution in [0.25, 0.3) is 0 Å². The highest BCUT2D eigenvalue weighted by molar-refractivity contribution is 5.85. The molecule has 0 radical (unpaired) electrons. The van der Waals surface area contributed by atoms with Gasteiger partial charge in [-0.3, -0.25) is 0 Å². The van der Waals surface area contributed by atoms with Crippen molar-refractivity contribution in [3.63, 3.8) is 0 Å². The van der Waals surface area contributed by atoms with Gasteiger partial charge in [-0.1, -0.05) is 19.9 Å². The van der Waals surface area contributed by atoms with Crippen LogP contribution < -0.4 is 5.73 Å². The molecule has 0 unspecified atom stereocenters. The highest BCUT2D eigenvalue weighted by atomic mass is 35.5. The van der Waals surface area contributed by atoms with Gasteiger partial charge in [-0.05, 0) is 24.8 Å². The Balaban J connectivity index is 0.00000289. The van der Waals surface area contributed by atoms with Gasteiger partial charge in [0.2, 0.25) is 0 Å². The molecule has 0 aliphatic carbocycles. The highest BCUT2D eigenvalue weighted by Crippen LogP contribution is 2.22. The van der Waals surface area contributed by atoms with Crippen molar-refractivity contribution in [1.29, 1.82) is 0 Å². The maximum Gasteiger partial charge on any atom is 0.130 e. The third-order valence-electron chi connectivity index (χ3n) is 2.78. The molecule has 0 spiro atoms. The predicted molar refractivity (Wildman–Crippen MR) is 70.6 cm³/mol. The quantitative estimate of drug-likeness (QED) is 0.869. The standard InChI is InChI=1S/C13H19F2NO.ClH/c1-8(2)3-6-12(17)13(16)10-5-4-9(14)7-11(10)15;/h4-5,7-8,12-13,17H,3,6,16H2,1-2H3;1H/t12-,13+;/m1./s1. The third kappa shape index (κ3) is 4.88. The van der Waals surface area contributed by atoms with Crippen LogP contribution >= 0.6 is 12.4 Å². The molecule has 2 atom stereocenters. The Morgan fingerprint density at radius 2 is 1.83 bits per heavy atom. The average molecular weight is 280 g/mol. The van der Waals surface area contributed by atoms with Gasteiger partial charge in [-0.25, -0.2) is 8.78 Å². The van der Waals surface area contributed by atoms with E-state index in [9.17, 15) is 13.9 Å². The topological polar surface area (TPSA) is 46.2 Å². The molecule has 0 saturated heterocycles. The lowest BCUT2D eigenvalue weighted by atomic mass is 9.96. The summed E-state index contributed by atoms with van der Waals surface area (Å²) in [4.78, 5) is 0. The summed E-state index contributed by atoms with van der Waals surface area (Å²) in [6.45, 7) is 4.08. The Kier molecular flexibility index (Phi) is 7.36. The van der Waals surface area contributed by atoms with Crippen LogP contribution in [0, 0.1) is 17.6 Å². The molecule has 0 aliphatic heterocycles. The Hall–Kier alpha value is -0.710. The van der Waals surface area contributed by atoms with Crippen LogP contribution in [-0.4, -0.2) is 11.2 Å². The number of benzene rings is 1. The molecule has 0 aromatic heterocycles. The van der Waals surface area contributed by atoms with Gasteiger partial charge >= 0.3 is 0 Å². The number of aliphatic hydroxyl groups is 1. The van der Waals surface area contributed by atoms with Crippen molar-refractivity contribution in [3.8, 4) is 0 Å². The van der Waals surface area contributed by atoms with Gasteiger partial charge in [0.1, 0.15) is 11.6 Å². The molecule has 1 rings (SSSR count). The zero-order valence-corrected chi connectivity index (χ0v) is 11.4. The fraction of sp³-hybridized carbons (Fsp3) is 0.538. The number of nitrogens with two attached hydrogens (primary N) is 1. The summed E-state index contributed by atoms with van der Waals surface area (Å²) >= 11 is 0. The molecule has 1 aromatic rings. The molecule has 0 heterocycles. The van der Waals surface area contributed by atoms with E-state index in [-0.39, 0.29) is 18.0 Å². The predicted octanol–water partition coefficient (Wildman–Crippen LogP) is 3.18. The summed E-state index contributed by atoms with van der Waals surface area (Å²) in [6, 6.07) is 2.40. The fourth-order valence-electron chi connectivity index (χ4n) is 1.66. The van der Waals surface area contributed by atoms with Crippen LogP contribution in [0.5, 0.6) is 0 Å². The van der Waals surface area contributed by atoms with Gasteiger partial charge in [-0.2, -0.15) is 0 Å². The van der Waals surface area contributed by atoms with Gasteiger partial charge in [-0.15, -0.1) is 12.4 Å². The molecule has 3 N–H and O–H groups in total. The lowest BCUT2D eigenvalue weighted by Crippen LogP contribution is -2.27. The second-order valence-corrected chi connectivity index (χ2v) is 4.73. The van der Waals surface area contributed by atoms with E-state index in [1.54, 1.807) is 0 Å². The number of hydrogen-bond donors (Lipinski definition) is 2. The minimum absolute atomic E-state index is 0. The minimum Gasteiger partial charge on any atom is -0.391 e. The number of aliphatic hydroxyl groups excluding tert-OH is 1. The van der Waals surface area contributed by atoms with E-state index in [4.69, 9.17) is 5.73 Å². The van der Waals surface area contributed by atoms with E-state index in [1.165, 1.54) is 6.07 Å². The van der Waals surface area contributed by atoms with Crippen molar-refractivity contribution in [2.45, 2.75) is 38.8 Å². The molecule has 18 heavy (non-hydrogen) atoms. The second-order valence-electron chi connectivity index (χ2n) is 4.73. The summed E-state index contributed by atoms with van der Waals surface area (Å²) in [5.74, 6) is -0.897. The smallest absolute Gasteiger partial charge is 0.130 e. The van der Waals surface area contributed by atoms with E-state index < -0.39 is 23.8 Å². The van der Waals surface area contributed by atoms with Crippen molar-refractivity contribution in [3.05, 3.63) is 35.4 Å². The monoisotopic (exact) mass is 279 g/mol. The van der Waals surface area contributed by atoms with E-state index in [0.29, 0.717) is 12.3 Å². The molecule has 0 saturated carbocycles. The largest absolute Gasteiger partial charge is 0.391 e. The van der Waals surface area contributed by atoms with Crippen molar-refractivity contribution in [1.82, 2.24) is 0 Å². The Labute approximate surface area is 113 Å². The van der Waals surface area contributed by atoms with E-state index in [2.05, 4.69) is 0 Å². The van der Waals surface area contributed by atoms with Gasteiger partial charge in [0.15, 0.2) is 0 Å². The van der Waals surface area contributed by atoms with Crippen molar-refractivity contribution >= 4 is 12.4 Å². The lowest BCUT2D eigenvalue weighted by Gasteiger charge is -2.20. The summed E-state index contributed by atoms with van der Waals surface area (Å²) in [5, 5.41) is 9.83. The molecule has 0 fully saturated rings. The number of hydrogen-bond acceptors (Lipinski definition) is 2. The summed E-state index contributed by atoms with van der Waals surface area (Å²) in [7, 11) is 0. The zero-order chi connectivity index (χ0) is 13.0. The maximum absolute atomic E-state index is 13.4. The van der Waals surface area contributed by atoms with Crippen LogP contribution in [0.3, 0.4) is 0 Å². The molecule has 0 amide bonds. The van der Waals surface area contributed by atoms with Crippen molar-refractivity contribution in [2.75, 3.05) is 0 Å². The van der Waals surface area contributed by atoms with Crippen molar-refractivity contribution < 1.29 is 13.9 Å². The van der Waals surface area contributed by atoms with Gasteiger partial charge in [0.05, 0.1) is 12.1 Å². The Bertz CT molecular complexity index is 374. The molecule has 5 heteroatoms. The summed E-state index contributed by atoms with van der Waals surface area (Å²) < 4.78 is 26.2. The van der Waals surface area contributed by atoms with E-state index >= 15 is 0 Å². The van der Waals surface area contributed by atoms with Crippen LogP contribution in [-0.2, 0) is 0 Å². The van der Waals surface area contributed by atoms with E-state index in [1.807, 2.05) is 13.8 Å². The molecule has 104 valence electrons. The van der Waals surface area contributed by atoms with Crippen LogP contribution in [0.15, 0.2) is 18.2 Å². The Morgan fingerprint density at radius 1 is 1.22 bits per heavy atom. The SMILES string of the molecule is CC(C)CC[C@@H](O)[C@@H](N)c1ccc(F)cc1F.Cl. The van der Waals surface area contributed by atoms with Crippen LogP contribution in [0.2, 0.25) is 0 Å². The average Bonchev–Trinajstić information content (AvgIpc) is 2.25. The zero-order valence-electron chi connectivity index (χ0n) is 10.6. The fourth-order valence-corrected chi connectivity index (χ4v) is 1.66. The van der Waals surface area contributed by atoms with Crippen LogP contribution in [0.4, 0.5) is 8.78 Å². The first kappa shape index (κ1) is 17.3. The summed E-state index contributed by atoms with van der Waals surface area (Å²) in [5.41, 5.74) is 5.92. The molecule has 1 aromatic carbocycles. The molecular formula is C13H20ClF2NO. The minimum atomic E-state index is -0.811. The molecule has 0 aliphatic rings. The normalized spacial score (nSPS) is 14.2. The second kappa shape index (κ2) is 7.67. The first-order valence-corrected chi connectivity index (χ1v) is 5.80. The number of rotatable bonds is 5. The van der Waals surface area contributed by atoms with Gasteiger partial charge < -0.3 is 10.8 Å². The first-order valence-electron chi connectivity index (χ1n) is 5.80. The third-order valence-corrected chi connectivity index (χ3v) is 2.78. The lowest BCUT2D eigenvalue weighted by molar-refractivity contribution is 0.127. The van der Waals surface area contributed by atoms with Gasteiger partial charge in [0, 0.05) is 11.6 Å². The van der Waals surface area contributed by atoms with Crippen LogP contribution in [0.1, 0.15) is 38.3 Å². The van der Waals surface area contributed by atoms with E-state index in [0.717, 1.165) is 18.6 Å². The van der Waals surface area contributed by atoms with Crippen molar-refractivity contribution in [2.24, 2.45) is 11.7 Å². The Morgan fingerprint density at radius 3 is 2.33 bits per heavy atom.